The van der Waals surface area contributed by atoms with E-state index in [1.54, 1.807) is 19.1 Å². The Morgan fingerprint density at radius 2 is 1.67 bits per heavy atom. The summed E-state index contributed by atoms with van der Waals surface area (Å²) < 4.78 is 44.1. The zero-order valence-corrected chi connectivity index (χ0v) is 20.0. The van der Waals surface area contributed by atoms with Crippen LogP contribution in [0, 0.1) is 12.8 Å². The van der Waals surface area contributed by atoms with Crippen molar-refractivity contribution in [1.29, 1.82) is 0 Å². The Morgan fingerprint density at radius 3 is 2.36 bits per heavy atom. The maximum atomic E-state index is 13.3. The summed E-state index contributed by atoms with van der Waals surface area (Å²) in [4.78, 5) is 13.4. The van der Waals surface area contributed by atoms with Crippen LogP contribution in [0.1, 0.15) is 41.4 Å². The summed E-state index contributed by atoms with van der Waals surface area (Å²) in [5.74, 6) is 1.13. The van der Waals surface area contributed by atoms with Crippen LogP contribution in [0.2, 0.25) is 0 Å². The third-order valence-electron chi connectivity index (χ3n) is 5.94. The summed E-state index contributed by atoms with van der Waals surface area (Å²) in [6, 6.07) is 10.1. The lowest BCUT2D eigenvalue weighted by molar-refractivity contribution is 0.0730. The highest BCUT2D eigenvalue weighted by Gasteiger charge is 2.28. The molecular weight excluding hydrogens is 444 g/mol. The van der Waals surface area contributed by atoms with Crippen molar-refractivity contribution in [1.82, 2.24) is 9.62 Å². The van der Waals surface area contributed by atoms with E-state index in [-0.39, 0.29) is 22.8 Å². The van der Waals surface area contributed by atoms with Gasteiger partial charge in [0.05, 0.1) is 24.2 Å². The van der Waals surface area contributed by atoms with Gasteiger partial charge in [-0.15, -0.1) is 0 Å². The van der Waals surface area contributed by atoms with Gasteiger partial charge in [-0.2, -0.15) is 4.31 Å². The highest BCUT2D eigenvalue weighted by atomic mass is 32.2. The zero-order valence-electron chi connectivity index (χ0n) is 19.2. The highest BCUT2D eigenvalue weighted by Crippen LogP contribution is 2.34. The zero-order chi connectivity index (χ0) is 23.6. The predicted molar refractivity (Wildman–Crippen MR) is 123 cm³/mol. The summed E-state index contributed by atoms with van der Waals surface area (Å²) in [7, 11) is -3.70. The minimum atomic E-state index is -3.70. The molecule has 0 aromatic heterocycles. The van der Waals surface area contributed by atoms with Crippen molar-refractivity contribution in [2.75, 3.05) is 39.5 Å². The molecule has 2 aliphatic heterocycles. The lowest BCUT2D eigenvalue weighted by atomic mass is 9.95. The van der Waals surface area contributed by atoms with Crippen LogP contribution in [0.25, 0.3) is 0 Å². The molecule has 1 N–H and O–H groups in total. The van der Waals surface area contributed by atoms with Gasteiger partial charge in [-0.05, 0) is 48.2 Å². The van der Waals surface area contributed by atoms with Crippen molar-refractivity contribution >= 4 is 15.9 Å². The smallest absolute Gasteiger partial charge is 0.252 e. The molecule has 1 saturated heterocycles. The van der Waals surface area contributed by atoms with Crippen LogP contribution in [0.5, 0.6) is 11.5 Å². The van der Waals surface area contributed by atoms with Gasteiger partial charge < -0.3 is 19.5 Å². The van der Waals surface area contributed by atoms with Gasteiger partial charge in [-0.3, -0.25) is 4.79 Å². The van der Waals surface area contributed by atoms with Gasteiger partial charge in [0, 0.05) is 18.7 Å². The Morgan fingerprint density at radius 1 is 0.970 bits per heavy atom. The molecule has 2 heterocycles. The molecule has 9 heteroatoms. The van der Waals surface area contributed by atoms with Crippen LogP contribution >= 0.6 is 0 Å². The van der Waals surface area contributed by atoms with E-state index in [4.69, 9.17) is 14.2 Å². The monoisotopic (exact) mass is 474 g/mol. The van der Waals surface area contributed by atoms with Gasteiger partial charge in [-0.25, -0.2) is 8.42 Å². The molecule has 2 aromatic carbocycles. The number of sulfonamides is 1. The Labute approximate surface area is 194 Å². The molecule has 33 heavy (non-hydrogen) atoms. The average Bonchev–Trinajstić information content (AvgIpc) is 2.82. The number of fused-ring (bicyclic) bond motifs is 1. The van der Waals surface area contributed by atoms with Gasteiger partial charge in [0.2, 0.25) is 10.0 Å². The molecule has 0 radical (unpaired) electrons. The number of hydrogen-bond donors (Lipinski definition) is 1. The van der Waals surface area contributed by atoms with Gasteiger partial charge in [0.25, 0.3) is 5.91 Å². The fourth-order valence-electron chi connectivity index (χ4n) is 4.05. The first-order valence-electron chi connectivity index (χ1n) is 11.2. The van der Waals surface area contributed by atoms with Gasteiger partial charge >= 0.3 is 0 Å². The van der Waals surface area contributed by atoms with Crippen LogP contribution in [-0.2, 0) is 14.8 Å². The summed E-state index contributed by atoms with van der Waals surface area (Å²) >= 11 is 0. The second-order valence-corrected chi connectivity index (χ2v) is 10.5. The molecule has 0 spiro atoms. The summed E-state index contributed by atoms with van der Waals surface area (Å²) in [5, 5.41) is 3.09. The quantitative estimate of drug-likeness (QED) is 0.692. The number of nitrogens with zero attached hydrogens (tertiary/aromatic N) is 1. The van der Waals surface area contributed by atoms with Crippen molar-refractivity contribution in [2.24, 2.45) is 5.92 Å². The molecule has 0 aliphatic carbocycles. The number of carbonyl (C=O) groups is 1. The molecule has 0 bridgehead atoms. The van der Waals surface area contributed by atoms with Crippen molar-refractivity contribution in [2.45, 2.75) is 31.7 Å². The van der Waals surface area contributed by atoms with Crippen LogP contribution < -0.4 is 14.8 Å². The number of hydrogen-bond acceptors (Lipinski definition) is 6. The largest absolute Gasteiger partial charge is 0.486 e. The Bertz CT molecular complexity index is 1130. The SMILES string of the molecule is Cc1ccc(S(=O)(=O)N2CCOCC2)cc1C(=O)N[C@@H](c1ccc2c(c1)OCCO2)C(C)C. The maximum Gasteiger partial charge on any atom is 0.252 e. The van der Waals surface area contributed by atoms with Crippen molar-refractivity contribution in [3.8, 4) is 11.5 Å². The van der Waals surface area contributed by atoms with E-state index in [1.165, 1.54) is 10.4 Å². The third-order valence-corrected chi connectivity index (χ3v) is 7.83. The molecule has 2 aliphatic rings. The van der Waals surface area contributed by atoms with E-state index in [0.29, 0.717) is 62.1 Å². The second-order valence-electron chi connectivity index (χ2n) is 8.59. The number of benzene rings is 2. The first-order chi connectivity index (χ1) is 15.8. The molecule has 1 fully saturated rings. The molecule has 4 rings (SSSR count). The topological polar surface area (TPSA) is 94.2 Å². The Balaban J connectivity index is 1.59. The van der Waals surface area contributed by atoms with E-state index in [9.17, 15) is 13.2 Å². The minimum Gasteiger partial charge on any atom is -0.486 e. The van der Waals surface area contributed by atoms with E-state index in [1.807, 2.05) is 32.0 Å². The molecule has 0 unspecified atom stereocenters. The molecule has 178 valence electrons. The standard InChI is InChI=1S/C24H30N2O6S/c1-16(2)23(18-5-7-21-22(14-18)32-13-12-31-21)25-24(27)20-15-19(6-4-17(20)3)33(28,29)26-8-10-30-11-9-26/h4-7,14-16,23H,8-13H2,1-3H3,(H,25,27)/t23-/m1/s1. The van der Waals surface area contributed by atoms with Crippen LogP contribution in [-0.4, -0.2) is 58.1 Å². The van der Waals surface area contributed by atoms with Crippen LogP contribution in [0.15, 0.2) is 41.3 Å². The number of morpholine rings is 1. The predicted octanol–water partition coefficient (Wildman–Crippen LogP) is 2.91. The number of amides is 1. The van der Waals surface area contributed by atoms with Crippen molar-refractivity contribution in [3.05, 3.63) is 53.1 Å². The molecule has 1 atom stereocenters. The molecule has 1 amide bonds. The number of carbonyl (C=O) groups excluding carboxylic acids is 1. The van der Waals surface area contributed by atoms with Crippen molar-refractivity contribution in [3.63, 3.8) is 0 Å². The molecule has 8 nitrogen and oxygen atoms in total. The lowest BCUT2D eigenvalue weighted by Gasteiger charge is -2.27. The fraction of sp³-hybridized carbons (Fsp3) is 0.458. The van der Waals surface area contributed by atoms with Gasteiger partial charge in [-0.1, -0.05) is 26.0 Å². The minimum absolute atomic E-state index is 0.0945. The Hall–Kier alpha value is -2.62. The molecular formula is C24H30N2O6S. The number of aryl methyl sites for hydroxylation is 1. The first-order valence-corrected chi connectivity index (χ1v) is 12.6. The fourth-order valence-corrected chi connectivity index (χ4v) is 5.48. The second kappa shape index (κ2) is 9.70. The highest BCUT2D eigenvalue weighted by molar-refractivity contribution is 7.89. The molecule has 2 aromatic rings. The van der Waals surface area contributed by atoms with Crippen molar-refractivity contribution < 1.29 is 27.4 Å². The molecule has 0 saturated carbocycles. The maximum absolute atomic E-state index is 13.3. The number of ether oxygens (including phenoxy) is 3. The summed E-state index contributed by atoms with van der Waals surface area (Å²) in [6.07, 6.45) is 0. The Kier molecular flexibility index (Phi) is 6.92. The summed E-state index contributed by atoms with van der Waals surface area (Å²) in [6.45, 7) is 8.18. The van der Waals surface area contributed by atoms with E-state index in [2.05, 4.69) is 5.32 Å². The number of nitrogens with one attached hydrogen (secondary N) is 1. The van der Waals surface area contributed by atoms with E-state index in [0.717, 1.165) is 5.56 Å². The first kappa shape index (κ1) is 23.5. The van der Waals surface area contributed by atoms with Gasteiger partial charge in [0.15, 0.2) is 11.5 Å². The van der Waals surface area contributed by atoms with E-state index >= 15 is 0 Å². The normalized spacial score (nSPS) is 17.6. The number of rotatable bonds is 6. The lowest BCUT2D eigenvalue weighted by Crippen LogP contribution is -2.40. The van der Waals surface area contributed by atoms with E-state index < -0.39 is 10.0 Å². The third kappa shape index (κ3) is 5.00. The average molecular weight is 475 g/mol. The summed E-state index contributed by atoms with van der Waals surface area (Å²) in [5.41, 5.74) is 1.95. The van der Waals surface area contributed by atoms with Crippen LogP contribution in [0.4, 0.5) is 0 Å². The van der Waals surface area contributed by atoms with Crippen LogP contribution in [0.3, 0.4) is 0 Å². The van der Waals surface area contributed by atoms with Gasteiger partial charge in [0.1, 0.15) is 13.2 Å².